The van der Waals surface area contributed by atoms with E-state index in [1.165, 1.54) is 44.8 Å². The van der Waals surface area contributed by atoms with Crippen molar-refractivity contribution in [2.75, 3.05) is 6.54 Å². The van der Waals surface area contributed by atoms with E-state index < -0.39 is 0 Å². The van der Waals surface area contributed by atoms with Gasteiger partial charge in [0.25, 0.3) is 0 Å². The first kappa shape index (κ1) is 14.8. The van der Waals surface area contributed by atoms with Crippen LogP contribution in [0.5, 0.6) is 0 Å². The summed E-state index contributed by atoms with van der Waals surface area (Å²) in [6.07, 6.45) is 5.08. The van der Waals surface area contributed by atoms with Crippen LogP contribution in [0, 0.1) is 6.92 Å². The lowest BCUT2D eigenvalue weighted by Gasteiger charge is -2.15. The van der Waals surface area contributed by atoms with Gasteiger partial charge in [0.1, 0.15) is 0 Å². The van der Waals surface area contributed by atoms with Gasteiger partial charge in [-0.2, -0.15) is 0 Å². The fourth-order valence-corrected chi connectivity index (χ4v) is 5.84. The van der Waals surface area contributed by atoms with Crippen molar-refractivity contribution >= 4 is 38.6 Å². The van der Waals surface area contributed by atoms with Gasteiger partial charge in [-0.15, -0.1) is 22.7 Å². The molecule has 0 bridgehead atoms. The van der Waals surface area contributed by atoms with Crippen LogP contribution in [0.25, 0.3) is 0 Å². The Morgan fingerprint density at radius 3 is 2.70 bits per heavy atom. The second-order valence-electron chi connectivity index (χ2n) is 5.44. The van der Waals surface area contributed by atoms with Crippen LogP contribution >= 0.6 is 38.6 Å². The van der Waals surface area contributed by atoms with Gasteiger partial charge in [0, 0.05) is 14.6 Å². The lowest BCUT2D eigenvalue weighted by molar-refractivity contribution is 0.612. The van der Waals surface area contributed by atoms with Crippen LogP contribution in [0.2, 0.25) is 0 Å². The first-order valence-electron chi connectivity index (χ1n) is 7.29. The number of nitrogens with one attached hydrogen (secondary N) is 1. The third-order valence-electron chi connectivity index (χ3n) is 3.81. The van der Waals surface area contributed by atoms with Crippen LogP contribution in [0.15, 0.2) is 15.9 Å². The van der Waals surface area contributed by atoms with Gasteiger partial charge >= 0.3 is 0 Å². The molecule has 2 aromatic rings. The van der Waals surface area contributed by atoms with Crippen LogP contribution in [0.3, 0.4) is 0 Å². The van der Waals surface area contributed by atoms with E-state index in [1.807, 2.05) is 22.7 Å². The van der Waals surface area contributed by atoms with Crippen LogP contribution in [0.1, 0.15) is 51.6 Å². The highest BCUT2D eigenvalue weighted by Gasteiger charge is 2.22. The minimum absolute atomic E-state index is 0.376. The highest BCUT2D eigenvalue weighted by atomic mass is 79.9. The summed E-state index contributed by atoms with van der Waals surface area (Å²) < 4.78 is 1.26. The molecular weight excluding hydrogens is 350 g/mol. The molecule has 0 radical (unpaired) electrons. The zero-order chi connectivity index (χ0) is 14.1. The number of aryl methyl sites for hydroxylation is 3. The summed E-state index contributed by atoms with van der Waals surface area (Å²) in [6.45, 7) is 5.48. The molecule has 20 heavy (non-hydrogen) atoms. The van der Waals surface area contributed by atoms with Crippen LogP contribution in [0.4, 0.5) is 0 Å². The Labute approximate surface area is 137 Å². The monoisotopic (exact) mass is 369 g/mol. The maximum absolute atomic E-state index is 3.73. The molecule has 1 nitrogen and oxygen atoms in total. The van der Waals surface area contributed by atoms with Gasteiger partial charge < -0.3 is 5.32 Å². The van der Waals surface area contributed by atoms with Gasteiger partial charge in [-0.1, -0.05) is 6.92 Å². The molecule has 0 amide bonds. The van der Waals surface area contributed by atoms with Gasteiger partial charge in [0.15, 0.2) is 0 Å². The topological polar surface area (TPSA) is 12.0 Å². The quantitative estimate of drug-likeness (QED) is 0.737. The first-order chi connectivity index (χ1) is 9.69. The summed E-state index contributed by atoms with van der Waals surface area (Å²) in [6, 6.07) is 5.15. The van der Waals surface area contributed by atoms with Crippen molar-refractivity contribution in [2.24, 2.45) is 0 Å². The predicted molar refractivity (Wildman–Crippen MR) is 93.2 cm³/mol. The average molecular weight is 370 g/mol. The predicted octanol–water partition coefficient (Wildman–Crippen LogP) is 5.46. The molecule has 0 saturated heterocycles. The van der Waals surface area contributed by atoms with Crippen molar-refractivity contribution in [3.8, 4) is 0 Å². The Balaban J connectivity index is 1.92. The van der Waals surface area contributed by atoms with Gasteiger partial charge in [-0.25, -0.2) is 0 Å². The first-order valence-corrected chi connectivity index (χ1v) is 9.72. The van der Waals surface area contributed by atoms with E-state index in [2.05, 4.69) is 47.2 Å². The number of rotatable bonds is 5. The van der Waals surface area contributed by atoms with Gasteiger partial charge in [0.05, 0.1) is 9.83 Å². The molecule has 3 rings (SSSR count). The molecule has 108 valence electrons. The molecule has 1 atom stereocenters. The molecule has 0 saturated carbocycles. The third kappa shape index (κ3) is 2.89. The average Bonchev–Trinajstić information content (AvgIpc) is 3.06. The number of hydrogen-bond acceptors (Lipinski definition) is 3. The van der Waals surface area contributed by atoms with Crippen LogP contribution in [-0.4, -0.2) is 6.54 Å². The molecule has 1 N–H and O–H groups in total. The lowest BCUT2D eigenvalue weighted by Crippen LogP contribution is -2.21. The fourth-order valence-electron chi connectivity index (χ4n) is 2.75. The van der Waals surface area contributed by atoms with E-state index in [9.17, 15) is 0 Å². The summed E-state index contributed by atoms with van der Waals surface area (Å²) in [4.78, 5) is 4.55. The van der Waals surface area contributed by atoms with E-state index in [-0.39, 0.29) is 0 Å². The molecular formula is C16H20BrNS2. The normalized spacial score (nSPS) is 15.6. The summed E-state index contributed by atoms with van der Waals surface area (Å²) >= 11 is 7.55. The van der Waals surface area contributed by atoms with Crippen molar-refractivity contribution in [3.63, 3.8) is 0 Å². The third-order valence-corrected chi connectivity index (χ3v) is 7.31. The number of halogens is 1. The highest BCUT2D eigenvalue weighted by Crippen LogP contribution is 2.39. The maximum Gasteiger partial charge on any atom is 0.0765 e. The zero-order valence-corrected chi connectivity index (χ0v) is 15.2. The zero-order valence-electron chi connectivity index (χ0n) is 12.0. The van der Waals surface area contributed by atoms with Gasteiger partial charge in [-0.05, 0) is 78.3 Å². The Morgan fingerprint density at radius 1 is 1.25 bits per heavy atom. The number of hydrogen-bond donors (Lipinski definition) is 1. The van der Waals surface area contributed by atoms with E-state index in [4.69, 9.17) is 0 Å². The molecule has 1 aliphatic carbocycles. The summed E-state index contributed by atoms with van der Waals surface area (Å²) in [5, 5.41) is 3.73. The Kier molecular flexibility index (Phi) is 4.65. The standard InChI is InChI=1S/C16H20BrNS2/c1-3-7-18-15(13-8-10(2)16(17)20-13)14-9-11-5-4-6-12(11)19-14/h8-9,15,18H,3-7H2,1-2H3. The second-order valence-corrected chi connectivity index (χ2v) is 9.01. The molecule has 0 aromatic carbocycles. The summed E-state index contributed by atoms with van der Waals surface area (Å²) in [7, 11) is 0. The molecule has 2 heterocycles. The molecule has 0 aliphatic heterocycles. The molecule has 0 spiro atoms. The second kappa shape index (κ2) is 6.30. The minimum atomic E-state index is 0.376. The molecule has 2 aromatic heterocycles. The van der Waals surface area contributed by atoms with Crippen molar-refractivity contribution in [3.05, 3.63) is 41.7 Å². The smallest absolute Gasteiger partial charge is 0.0765 e. The SMILES string of the molecule is CCCNC(c1cc(C)c(Br)s1)c1cc2c(s1)CCC2. The van der Waals surface area contributed by atoms with Crippen LogP contribution in [-0.2, 0) is 12.8 Å². The van der Waals surface area contributed by atoms with E-state index in [1.54, 1.807) is 10.4 Å². The Hall–Kier alpha value is -0.160. The molecule has 0 fully saturated rings. The van der Waals surface area contributed by atoms with Gasteiger partial charge in [-0.3, -0.25) is 0 Å². The van der Waals surface area contributed by atoms with E-state index >= 15 is 0 Å². The highest BCUT2D eigenvalue weighted by molar-refractivity contribution is 9.11. The largest absolute Gasteiger partial charge is 0.305 e. The minimum Gasteiger partial charge on any atom is -0.305 e. The summed E-state index contributed by atoms with van der Waals surface area (Å²) in [5.74, 6) is 0. The van der Waals surface area contributed by atoms with Crippen molar-refractivity contribution in [1.82, 2.24) is 5.32 Å². The summed E-state index contributed by atoms with van der Waals surface area (Å²) in [5.41, 5.74) is 2.94. The molecule has 1 aliphatic rings. The van der Waals surface area contributed by atoms with E-state index in [0.717, 1.165) is 6.54 Å². The Bertz CT molecular complexity index is 559. The lowest BCUT2D eigenvalue weighted by atomic mass is 10.1. The van der Waals surface area contributed by atoms with Crippen molar-refractivity contribution < 1.29 is 0 Å². The number of thiophene rings is 2. The molecule has 4 heteroatoms. The maximum atomic E-state index is 3.73. The van der Waals surface area contributed by atoms with Crippen LogP contribution < -0.4 is 5.32 Å². The number of fused-ring (bicyclic) bond motifs is 1. The Morgan fingerprint density at radius 2 is 2.05 bits per heavy atom. The van der Waals surface area contributed by atoms with Gasteiger partial charge in [0.2, 0.25) is 0 Å². The molecule has 1 unspecified atom stereocenters. The fraction of sp³-hybridized carbons (Fsp3) is 0.500. The van der Waals surface area contributed by atoms with E-state index in [0.29, 0.717) is 6.04 Å². The van der Waals surface area contributed by atoms with Crippen molar-refractivity contribution in [2.45, 2.75) is 45.6 Å². The van der Waals surface area contributed by atoms with Crippen molar-refractivity contribution in [1.29, 1.82) is 0 Å².